The molecule has 4 rings (SSSR count). The molecule has 1 aliphatic rings. The molecule has 1 atom stereocenters. The van der Waals surface area contributed by atoms with Crippen molar-refractivity contribution in [3.05, 3.63) is 71.5 Å². The van der Waals surface area contributed by atoms with Crippen molar-refractivity contribution in [2.45, 2.75) is 24.7 Å². The molecule has 2 aromatic carbocycles. The van der Waals surface area contributed by atoms with Crippen LogP contribution in [0.25, 0.3) is 11.4 Å². The second-order valence-corrected chi connectivity index (χ2v) is 8.43. The number of hydrogen-bond donors (Lipinski definition) is 1. The van der Waals surface area contributed by atoms with Crippen molar-refractivity contribution < 1.29 is 9.59 Å². The van der Waals surface area contributed by atoms with Gasteiger partial charge in [-0.1, -0.05) is 48.5 Å². The first-order valence-electron chi connectivity index (χ1n) is 10.2. The van der Waals surface area contributed by atoms with Gasteiger partial charge in [0.2, 0.25) is 0 Å². The number of amides is 1. The van der Waals surface area contributed by atoms with Crippen LogP contribution in [0.3, 0.4) is 0 Å². The summed E-state index contributed by atoms with van der Waals surface area (Å²) in [7, 11) is 0. The molecule has 1 aromatic heterocycles. The van der Waals surface area contributed by atoms with Crippen LogP contribution in [0.1, 0.15) is 39.4 Å². The number of carbonyl (C=O) groups excluding carboxylic acids is 2. The van der Waals surface area contributed by atoms with Crippen molar-refractivity contribution >= 4 is 23.5 Å². The van der Waals surface area contributed by atoms with Crippen molar-refractivity contribution in [1.29, 1.82) is 0 Å². The molecule has 6 heteroatoms. The number of benzene rings is 2. The van der Waals surface area contributed by atoms with E-state index in [0.717, 1.165) is 34.6 Å². The summed E-state index contributed by atoms with van der Waals surface area (Å²) < 4.78 is 0. The Hall–Kier alpha value is -2.86. The number of thioether (sulfide) groups is 1. The van der Waals surface area contributed by atoms with Crippen molar-refractivity contribution in [1.82, 2.24) is 14.9 Å². The zero-order valence-corrected chi connectivity index (χ0v) is 18.0. The predicted molar refractivity (Wildman–Crippen MR) is 120 cm³/mol. The summed E-state index contributed by atoms with van der Waals surface area (Å²) in [5, 5.41) is 0. The molecule has 2 heterocycles. The number of likely N-dealkylation sites (tertiary alicyclic amines) is 1. The zero-order chi connectivity index (χ0) is 21.1. The molecular formula is C24H25N3O2S. The maximum absolute atomic E-state index is 13.2. The Labute approximate surface area is 180 Å². The highest BCUT2D eigenvalue weighted by molar-refractivity contribution is 7.98. The number of aromatic amines is 1. The summed E-state index contributed by atoms with van der Waals surface area (Å²) >= 11 is 1.58. The van der Waals surface area contributed by atoms with Gasteiger partial charge < -0.3 is 9.88 Å². The third-order valence-corrected chi connectivity index (χ3v) is 6.38. The number of rotatable bonds is 5. The highest BCUT2D eigenvalue weighted by Gasteiger charge is 2.31. The van der Waals surface area contributed by atoms with Gasteiger partial charge in [-0.3, -0.25) is 9.59 Å². The van der Waals surface area contributed by atoms with E-state index in [-0.39, 0.29) is 17.6 Å². The smallest absolute Gasteiger partial charge is 0.274 e. The first kappa shape index (κ1) is 20.4. The first-order chi connectivity index (χ1) is 14.6. The molecule has 0 aliphatic carbocycles. The standard InChI is InChI=1S/C24H25N3O2S/c1-16-21(26-23(25-16)17-9-4-3-5-10-17)24(29)27-14-8-11-18(15-27)22(28)19-12-6-7-13-20(19)30-2/h3-7,9-10,12-13,18H,8,11,14-15H2,1-2H3,(H,25,26)/t18-/m1/s1. The van der Waals surface area contributed by atoms with Crippen LogP contribution < -0.4 is 0 Å². The number of imidazole rings is 1. The molecule has 154 valence electrons. The summed E-state index contributed by atoms with van der Waals surface area (Å²) in [6.07, 6.45) is 3.60. The average molecular weight is 420 g/mol. The van der Waals surface area contributed by atoms with E-state index in [4.69, 9.17) is 0 Å². The SMILES string of the molecule is CSc1ccccc1C(=O)[C@@H]1CCCN(C(=O)c2nc(-c3ccccc3)[nH]c2C)C1. The number of aryl methyl sites for hydroxylation is 1. The minimum absolute atomic E-state index is 0.110. The van der Waals surface area contributed by atoms with Crippen LogP contribution in [-0.4, -0.2) is 45.9 Å². The number of nitrogens with zero attached hydrogens (tertiary/aromatic N) is 2. The summed E-state index contributed by atoms with van der Waals surface area (Å²) in [5.41, 5.74) is 2.89. The Morgan fingerprint density at radius 3 is 2.60 bits per heavy atom. The lowest BCUT2D eigenvalue weighted by Gasteiger charge is -2.32. The van der Waals surface area contributed by atoms with Crippen LogP contribution in [0.4, 0.5) is 0 Å². The Kier molecular flexibility index (Phi) is 6.04. The number of H-pyrrole nitrogens is 1. The van der Waals surface area contributed by atoms with E-state index in [1.54, 1.807) is 16.7 Å². The van der Waals surface area contributed by atoms with Crippen LogP contribution in [0, 0.1) is 12.8 Å². The minimum atomic E-state index is -0.177. The summed E-state index contributed by atoms with van der Waals surface area (Å²) in [5.74, 6) is 0.529. The topological polar surface area (TPSA) is 66.1 Å². The van der Waals surface area contributed by atoms with E-state index >= 15 is 0 Å². The summed E-state index contributed by atoms with van der Waals surface area (Å²) in [4.78, 5) is 37.0. The lowest BCUT2D eigenvalue weighted by atomic mass is 9.90. The number of piperidine rings is 1. The van der Waals surface area contributed by atoms with E-state index in [1.165, 1.54) is 0 Å². The zero-order valence-electron chi connectivity index (χ0n) is 17.2. The fourth-order valence-corrected chi connectivity index (χ4v) is 4.60. The molecule has 1 fully saturated rings. The molecular weight excluding hydrogens is 394 g/mol. The van der Waals surface area contributed by atoms with Gasteiger partial charge in [0.15, 0.2) is 5.78 Å². The average Bonchev–Trinajstić information content (AvgIpc) is 3.20. The molecule has 1 aliphatic heterocycles. The second-order valence-electron chi connectivity index (χ2n) is 7.58. The van der Waals surface area contributed by atoms with E-state index in [1.807, 2.05) is 67.8 Å². The molecule has 0 bridgehead atoms. The van der Waals surface area contributed by atoms with Gasteiger partial charge >= 0.3 is 0 Å². The molecule has 0 saturated carbocycles. The first-order valence-corrected chi connectivity index (χ1v) is 11.4. The van der Waals surface area contributed by atoms with E-state index in [9.17, 15) is 9.59 Å². The van der Waals surface area contributed by atoms with Crippen LogP contribution in [0.5, 0.6) is 0 Å². The van der Waals surface area contributed by atoms with Crippen molar-refractivity contribution in [2.75, 3.05) is 19.3 Å². The number of ketones is 1. The van der Waals surface area contributed by atoms with E-state index in [2.05, 4.69) is 9.97 Å². The fourth-order valence-electron chi connectivity index (χ4n) is 3.99. The van der Waals surface area contributed by atoms with Gasteiger partial charge in [0.1, 0.15) is 11.5 Å². The maximum Gasteiger partial charge on any atom is 0.274 e. The summed E-state index contributed by atoms with van der Waals surface area (Å²) in [6.45, 7) is 2.96. The van der Waals surface area contributed by atoms with Gasteiger partial charge in [0.25, 0.3) is 5.91 Å². The molecule has 0 radical (unpaired) electrons. The number of Topliss-reactive ketones (excluding diaryl/α,β-unsaturated/α-hetero) is 1. The molecule has 1 amide bonds. The Bertz CT molecular complexity index is 1060. The molecule has 1 saturated heterocycles. The lowest BCUT2D eigenvalue weighted by Crippen LogP contribution is -2.42. The monoisotopic (exact) mass is 419 g/mol. The number of aromatic nitrogens is 2. The van der Waals surface area contributed by atoms with Crippen LogP contribution >= 0.6 is 11.8 Å². The molecule has 3 aromatic rings. The fraction of sp³-hybridized carbons (Fsp3) is 0.292. The Morgan fingerprint density at radius 1 is 1.10 bits per heavy atom. The molecule has 0 unspecified atom stereocenters. The number of hydrogen-bond acceptors (Lipinski definition) is 4. The molecule has 1 N–H and O–H groups in total. The Morgan fingerprint density at radius 2 is 1.83 bits per heavy atom. The van der Waals surface area contributed by atoms with Gasteiger partial charge in [-0.05, 0) is 32.1 Å². The van der Waals surface area contributed by atoms with Crippen molar-refractivity contribution in [3.8, 4) is 11.4 Å². The van der Waals surface area contributed by atoms with Crippen molar-refractivity contribution in [3.63, 3.8) is 0 Å². The largest absolute Gasteiger partial charge is 0.341 e. The highest BCUT2D eigenvalue weighted by atomic mass is 32.2. The normalized spacial score (nSPS) is 16.5. The van der Waals surface area contributed by atoms with Gasteiger partial charge in [-0.25, -0.2) is 4.98 Å². The summed E-state index contributed by atoms with van der Waals surface area (Å²) in [6, 6.07) is 17.5. The van der Waals surface area contributed by atoms with Crippen LogP contribution in [0.15, 0.2) is 59.5 Å². The Balaban J connectivity index is 1.53. The number of carbonyl (C=O) groups is 2. The highest BCUT2D eigenvalue weighted by Crippen LogP contribution is 2.28. The van der Waals surface area contributed by atoms with Gasteiger partial charge in [-0.2, -0.15) is 0 Å². The minimum Gasteiger partial charge on any atom is -0.341 e. The van der Waals surface area contributed by atoms with E-state index < -0.39 is 0 Å². The van der Waals surface area contributed by atoms with Crippen LogP contribution in [-0.2, 0) is 0 Å². The quantitative estimate of drug-likeness (QED) is 0.475. The third kappa shape index (κ3) is 4.05. The maximum atomic E-state index is 13.2. The number of nitrogens with one attached hydrogen (secondary N) is 1. The molecule has 30 heavy (non-hydrogen) atoms. The van der Waals surface area contributed by atoms with Gasteiger partial charge in [0.05, 0.1) is 0 Å². The molecule has 5 nitrogen and oxygen atoms in total. The van der Waals surface area contributed by atoms with Crippen molar-refractivity contribution in [2.24, 2.45) is 5.92 Å². The third-order valence-electron chi connectivity index (χ3n) is 5.59. The van der Waals surface area contributed by atoms with Gasteiger partial charge in [-0.15, -0.1) is 11.8 Å². The lowest BCUT2D eigenvalue weighted by molar-refractivity contribution is 0.0631. The van der Waals surface area contributed by atoms with Gasteiger partial charge in [0, 0.05) is 40.7 Å². The second kappa shape index (κ2) is 8.88. The molecule has 0 spiro atoms. The predicted octanol–water partition coefficient (Wildman–Crippen LogP) is 4.84. The van der Waals surface area contributed by atoms with Crippen LogP contribution in [0.2, 0.25) is 0 Å². The van der Waals surface area contributed by atoms with E-state index in [0.29, 0.717) is 24.6 Å².